The number of hydrogen-bond acceptors (Lipinski definition) is 3. The van der Waals surface area contributed by atoms with E-state index in [0.29, 0.717) is 17.0 Å². The van der Waals surface area contributed by atoms with Gasteiger partial charge in [0.15, 0.2) is 12.4 Å². The Morgan fingerprint density at radius 3 is 2.47 bits per heavy atom. The van der Waals surface area contributed by atoms with Gasteiger partial charge in [-0.1, -0.05) is 25.4 Å². The first-order chi connectivity index (χ1) is 7.02. The van der Waals surface area contributed by atoms with Crippen LogP contribution in [0.3, 0.4) is 0 Å². The van der Waals surface area contributed by atoms with Crippen molar-refractivity contribution in [2.75, 3.05) is 7.11 Å². The molecule has 0 amide bonds. The van der Waals surface area contributed by atoms with Crippen LogP contribution in [0.2, 0.25) is 5.02 Å². The minimum Gasteiger partial charge on any atom is -0.368 e. The largest absolute Gasteiger partial charge is 0.368 e. The molecule has 0 aliphatic rings. The van der Waals surface area contributed by atoms with E-state index in [9.17, 15) is 4.79 Å². The summed E-state index contributed by atoms with van der Waals surface area (Å²) in [5.74, 6) is 0.224. The molecule has 84 valence electrons. The Bertz CT molecular complexity index is 361. The topological polar surface area (TPSA) is 44.1 Å². The molecule has 1 heterocycles. The van der Waals surface area contributed by atoms with Gasteiger partial charge in [-0.2, -0.15) is 5.10 Å². The van der Waals surface area contributed by atoms with E-state index in [4.69, 9.17) is 16.3 Å². The average Bonchev–Trinajstić information content (AvgIpc) is 2.47. The molecule has 0 aliphatic carbocycles. The van der Waals surface area contributed by atoms with Crippen LogP contribution >= 0.6 is 11.6 Å². The first kappa shape index (κ1) is 12.2. The van der Waals surface area contributed by atoms with Crippen molar-refractivity contribution in [2.24, 2.45) is 7.05 Å². The minimum absolute atomic E-state index is 0.224. The predicted molar refractivity (Wildman–Crippen MR) is 58.1 cm³/mol. The van der Waals surface area contributed by atoms with E-state index >= 15 is 0 Å². The van der Waals surface area contributed by atoms with E-state index in [2.05, 4.69) is 5.10 Å². The van der Waals surface area contributed by atoms with E-state index in [-0.39, 0.29) is 5.92 Å². The van der Waals surface area contributed by atoms with E-state index in [0.717, 1.165) is 5.69 Å². The van der Waals surface area contributed by atoms with Crippen LogP contribution in [-0.2, 0) is 16.6 Å². The van der Waals surface area contributed by atoms with Gasteiger partial charge < -0.3 is 4.74 Å². The zero-order valence-corrected chi connectivity index (χ0v) is 10.1. The summed E-state index contributed by atoms with van der Waals surface area (Å²) in [6.07, 6.45) is 0.0648. The first-order valence-corrected chi connectivity index (χ1v) is 5.11. The molecule has 1 rings (SSSR count). The van der Waals surface area contributed by atoms with Gasteiger partial charge in [0.25, 0.3) is 0 Å². The lowest BCUT2D eigenvalue weighted by Crippen LogP contribution is -2.09. The van der Waals surface area contributed by atoms with Crippen LogP contribution in [0.4, 0.5) is 0 Å². The normalized spacial score (nSPS) is 13.2. The van der Waals surface area contributed by atoms with Crippen LogP contribution in [0, 0.1) is 0 Å². The van der Waals surface area contributed by atoms with Crippen LogP contribution in [0.5, 0.6) is 0 Å². The third-order valence-corrected chi connectivity index (χ3v) is 2.64. The molecule has 0 radical (unpaired) electrons. The highest BCUT2D eigenvalue weighted by Gasteiger charge is 2.23. The van der Waals surface area contributed by atoms with Crippen molar-refractivity contribution in [2.45, 2.75) is 25.9 Å². The predicted octanol–water partition coefficient (Wildman–Crippen LogP) is 2.08. The second-order valence-electron chi connectivity index (χ2n) is 3.66. The summed E-state index contributed by atoms with van der Waals surface area (Å²) in [5.41, 5.74) is 1.40. The van der Waals surface area contributed by atoms with Crippen molar-refractivity contribution in [3.63, 3.8) is 0 Å². The van der Waals surface area contributed by atoms with Crippen molar-refractivity contribution >= 4 is 17.9 Å². The smallest absolute Gasteiger partial charge is 0.155 e. The lowest BCUT2D eigenvalue weighted by atomic mass is 10.1. The molecule has 0 aromatic carbocycles. The van der Waals surface area contributed by atoms with Gasteiger partial charge in [-0.05, 0) is 5.92 Å². The molecule has 15 heavy (non-hydrogen) atoms. The summed E-state index contributed by atoms with van der Waals surface area (Å²) in [6.45, 7) is 4.00. The van der Waals surface area contributed by atoms with E-state index in [1.165, 1.54) is 7.11 Å². The quantitative estimate of drug-likeness (QED) is 0.744. The molecule has 0 spiro atoms. The Kier molecular flexibility index (Phi) is 3.88. The Labute approximate surface area is 94.2 Å². The summed E-state index contributed by atoms with van der Waals surface area (Å²) in [5, 5.41) is 4.79. The zero-order valence-electron chi connectivity index (χ0n) is 9.32. The molecule has 1 aromatic heterocycles. The molecule has 0 saturated carbocycles. The van der Waals surface area contributed by atoms with Crippen LogP contribution < -0.4 is 0 Å². The second kappa shape index (κ2) is 4.77. The number of aromatic nitrogens is 2. The maximum atomic E-state index is 10.8. The highest BCUT2D eigenvalue weighted by Crippen LogP contribution is 2.30. The molecule has 1 aromatic rings. The van der Waals surface area contributed by atoms with Gasteiger partial charge in [0, 0.05) is 14.2 Å². The van der Waals surface area contributed by atoms with Crippen LogP contribution in [0.25, 0.3) is 0 Å². The van der Waals surface area contributed by atoms with E-state index < -0.39 is 6.10 Å². The molecular weight excluding hydrogens is 216 g/mol. The maximum Gasteiger partial charge on any atom is 0.155 e. The summed E-state index contributed by atoms with van der Waals surface area (Å²) in [7, 11) is 3.22. The van der Waals surface area contributed by atoms with Crippen molar-refractivity contribution in [1.29, 1.82) is 0 Å². The lowest BCUT2D eigenvalue weighted by Gasteiger charge is -2.08. The first-order valence-electron chi connectivity index (χ1n) is 4.73. The van der Waals surface area contributed by atoms with Crippen molar-refractivity contribution in [1.82, 2.24) is 9.78 Å². The van der Waals surface area contributed by atoms with E-state index in [1.54, 1.807) is 11.7 Å². The molecule has 1 unspecified atom stereocenters. The molecule has 4 nitrogen and oxygen atoms in total. The molecular formula is C10H15ClN2O2. The Morgan fingerprint density at radius 2 is 2.13 bits per heavy atom. The molecule has 0 fully saturated rings. The fourth-order valence-electron chi connectivity index (χ4n) is 1.44. The number of aldehydes is 1. The fourth-order valence-corrected chi connectivity index (χ4v) is 1.93. The van der Waals surface area contributed by atoms with Gasteiger partial charge in [0.1, 0.15) is 0 Å². The van der Waals surface area contributed by atoms with Crippen LogP contribution in [0.15, 0.2) is 0 Å². The molecule has 1 atom stereocenters. The van der Waals surface area contributed by atoms with Crippen molar-refractivity contribution in [3.8, 4) is 0 Å². The van der Waals surface area contributed by atoms with Crippen molar-refractivity contribution in [3.05, 3.63) is 16.4 Å². The van der Waals surface area contributed by atoms with Gasteiger partial charge in [0.05, 0.1) is 16.4 Å². The van der Waals surface area contributed by atoms with Gasteiger partial charge in [-0.3, -0.25) is 9.48 Å². The molecule has 0 saturated heterocycles. The summed E-state index contributed by atoms with van der Waals surface area (Å²) in [4.78, 5) is 10.8. The minimum atomic E-state index is -0.650. The Balaban J connectivity index is 3.23. The Morgan fingerprint density at radius 1 is 1.53 bits per heavy atom. The lowest BCUT2D eigenvalue weighted by molar-refractivity contribution is -0.117. The van der Waals surface area contributed by atoms with Crippen LogP contribution in [-0.4, -0.2) is 23.2 Å². The standard InChI is InChI=1S/C10H15ClN2O2/c1-6(2)9-8(11)10(13(3)12-9)7(5-14)15-4/h5-7H,1-4H3. The highest BCUT2D eigenvalue weighted by molar-refractivity contribution is 6.32. The highest BCUT2D eigenvalue weighted by atomic mass is 35.5. The maximum absolute atomic E-state index is 10.8. The number of rotatable bonds is 4. The number of carbonyl (C=O) groups excluding carboxylic acids is 1. The third-order valence-electron chi connectivity index (χ3n) is 2.25. The second-order valence-corrected chi connectivity index (χ2v) is 4.03. The summed E-state index contributed by atoms with van der Waals surface area (Å²) in [6, 6.07) is 0. The van der Waals surface area contributed by atoms with Crippen LogP contribution in [0.1, 0.15) is 37.3 Å². The van der Waals surface area contributed by atoms with E-state index in [1.807, 2.05) is 13.8 Å². The van der Waals surface area contributed by atoms with Gasteiger partial charge >= 0.3 is 0 Å². The molecule has 0 N–H and O–H groups in total. The SMILES string of the molecule is COC(C=O)c1c(Cl)c(C(C)C)nn1C. The zero-order chi connectivity index (χ0) is 11.6. The third kappa shape index (κ3) is 2.21. The number of halogens is 1. The number of carbonyl (C=O) groups is 1. The molecule has 0 bridgehead atoms. The molecule has 0 aliphatic heterocycles. The number of aryl methyl sites for hydroxylation is 1. The van der Waals surface area contributed by atoms with Gasteiger partial charge in [-0.25, -0.2) is 0 Å². The Hall–Kier alpha value is -0.870. The average molecular weight is 231 g/mol. The fraction of sp³-hybridized carbons (Fsp3) is 0.600. The molecule has 5 heteroatoms. The van der Waals surface area contributed by atoms with Crippen molar-refractivity contribution < 1.29 is 9.53 Å². The number of ether oxygens (including phenoxy) is 1. The van der Waals surface area contributed by atoms with Gasteiger partial charge in [-0.15, -0.1) is 0 Å². The summed E-state index contributed by atoms with van der Waals surface area (Å²) < 4.78 is 6.62. The number of nitrogens with zero attached hydrogens (tertiary/aromatic N) is 2. The van der Waals surface area contributed by atoms with Gasteiger partial charge in [0.2, 0.25) is 0 Å². The monoisotopic (exact) mass is 230 g/mol. The summed E-state index contributed by atoms with van der Waals surface area (Å²) >= 11 is 6.15. The number of methoxy groups -OCH3 is 1. The number of hydrogen-bond donors (Lipinski definition) is 0.